The summed E-state index contributed by atoms with van der Waals surface area (Å²) in [7, 11) is 7.83. The number of benzene rings is 2. The second-order valence-corrected chi connectivity index (χ2v) is 7.08. The molecule has 0 heterocycles. The average Bonchev–Trinajstić information content (AvgIpc) is 2.61. The molecule has 0 aliphatic heterocycles. The van der Waals surface area contributed by atoms with E-state index in [1.54, 1.807) is 24.3 Å². The van der Waals surface area contributed by atoms with E-state index in [4.69, 9.17) is 11.6 Å². The zero-order valence-corrected chi connectivity index (χ0v) is 16.7. The monoisotopic (exact) mass is 388 g/mol. The summed E-state index contributed by atoms with van der Waals surface area (Å²) in [4.78, 5) is 28.3. The molecule has 0 aliphatic carbocycles. The molecule has 0 spiro atoms. The Bertz CT molecular complexity index is 791. The molecule has 0 aromatic heterocycles. The van der Waals surface area contributed by atoms with E-state index in [0.29, 0.717) is 17.3 Å². The summed E-state index contributed by atoms with van der Waals surface area (Å²) in [5.41, 5.74) is 2.63. The number of nitrogens with one attached hydrogen (secondary N) is 2. The highest BCUT2D eigenvalue weighted by Crippen LogP contribution is 2.21. The van der Waals surface area contributed by atoms with Crippen LogP contribution in [0.2, 0.25) is 5.02 Å². The van der Waals surface area contributed by atoms with E-state index >= 15 is 0 Å². The first-order valence-corrected chi connectivity index (χ1v) is 8.94. The summed E-state index contributed by atoms with van der Waals surface area (Å²) in [6, 6.07) is 14.7. The van der Waals surface area contributed by atoms with Gasteiger partial charge in [-0.3, -0.25) is 9.59 Å². The van der Waals surface area contributed by atoms with Crippen LogP contribution in [0, 0.1) is 0 Å². The van der Waals surface area contributed by atoms with Gasteiger partial charge in [0.2, 0.25) is 0 Å². The van der Waals surface area contributed by atoms with E-state index in [2.05, 4.69) is 10.6 Å². The molecule has 6 nitrogen and oxygen atoms in total. The van der Waals surface area contributed by atoms with Crippen LogP contribution in [0.25, 0.3) is 0 Å². The Morgan fingerprint density at radius 2 is 1.67 bits per heavy atom. The molecule has 2 N–H and O–H groups in total. The van der Waals surface area contributed by atoms with Gasteiger partial charge >= 0.3 is 11.8 Å². The molecule has 2 aromatic carbocycles. The van der Waals surface area contributed by atoms with Gasteiger partial charge in [-0.15, -0.1) is 0 Å². The Hall–Kier alpha value is -2.57. The van der Waals surface area contributed by atoms with Gasteiger partial charge in [0.15, 0.2) is 0 Å². The van der Waals surface area contributed by atoms with Crippen molar-refractivity contribution in [3.05, 3.63) is 59.1 Å². The largest absolute Gasteiger partial charge is 0.378 e. The second-order valence-electron chi connectivity index (χ2n) is 6.64. The normalized spacial score (nSPS) is 11.8. The van der Waals surface area contributed by atoms with Crippen LogP contribution in [-0.4, -0.2) is 51.4 Å². The number of halogens is 1. The highest BCUT2D eigenvalue weighted by atomic mass is 35.5. The lowest BCUT2D eigenvalue weighted by molar-refractivity contribution is -0.136. The average molecular weight is 389 g/mol. The standard InChI is InChI=1S/C20H25ClN4O2/c1-24(2)17-10-8-14(9-11-17)18(25(3)4)13-22-19(26)20(27)23-16-7-5-6-15(21)12-16/h5-12,18H,13H2,1-4H3,(H,22,26)(H,23,27). The Morgan fingerprint density at radius 3 is 2.22 bits per heavy atom. The molecule has 2 aromatic rings. The van der Waals surface area contributed by atoms with Crippen molar-refractivity contribution in [2.75, 3.05) is 45.0 Å². The van der Waals surface area contributed by atoms with Crippen LogP contribution in [0.5, 0.6) is 0 Å². The Morgan fingerprint density at radius 1 is 1.00 bits per heavy atom. The fraction of sp³-hybridized carbons (Fsp3) is 0.300. The predicted octanol–water partition coefficient (Wildman–Crippen LogP) is 2.76. The van der Waals surface area contributed by atoms with Crippen LogP contribution < -0.4 is 15.5 Å². The molecule has 1 unspecified atom stereocenters. The van der Waals surface area contributed by atoms with E-state index in [1.807, 2.05) is 62.3 Å². The minimum atomic E-state index is -0.724. The quantitative estimate of drug-likeness (QED) is 0.747. The fourth-order valence-electron chi connectivity index (χ4n) is 2.62. The number of amides is 2. The first-order valence-electron chi connectivity index (χ1n) is 8.56. The van der Waals surface area contributed by atoms with Gasteiger partial charge < -0.3 is 20.4 Å². The maximum atomic E-state index is 12.2. The van der Waals surface area contributed by atoms with Crippen molar-refractivity contribution in [3.8, 4) is 0 Å². The Labute approximate surface area is 165 Å². The van der Waals surface area contributed by atoms with Crippen LogP contribution >= 0.6 is 11.6 Å². The van der Waals surface area contributed by atoms with E-state index in [9.17, 15) is 9.59 Å². The summed E-state index contributed by atoms with van der Waals surface area (Å²) in [6.07, 6.45) is 0. The SMILES string of the molecule is CN(C)c1ccc(C(CNC(=O)C(=O)Nc2cccc(Cl)c2)N(C)C)cc1. The second kappa shape index (κ2) is 9.39. The van der Waals surface area contributed by atoms with Gasteiger partial charge in [0.1, 0.15) is 0 Å². The van der Waals surface area contributed by atoms with Crippen molar-refractivity contribution in [2.45, 2.75) is 6.04 Å². The highest BCUT2D eigenvalue weighted by Gasteiger charge is 2.19. The lowest BCUT2D eigenvalue weighted by Crippen LogP contribution is -2.40. The van der Waals surface area contributed by atoms with Crippen molar-refractivity contribution in [1.29, 1.82) is 0 Å². The molecular weight excluding hydrogens is 364 g/mol. The number of carbonyl (C=O) groups excluding carboxylic acids is 2. The molecular formula is C20H25ClN4O2. The van der Waals surface area contributed by atoms with Crippen molar-refractivity contribution in [1.82, 2.24) is 10.2 Å². The van der Waals surface area contributed by atoms with E-state index in [1.165, 1.54) is 0 Å². The number of carbonyl (C=O) groups is 2. The Kier molecular flexibility index (Phi) is 7.21. The van der Waals surface area contributed by atoms with Gasteiger partial charge in [-0.1, -0.05) is 29.8 Å². The number of likely N-dealkylation sites (N-methyl/N-ethyl adjacent to an activating group) is 1. The Balaban J connectivity index is 1.98. The number of hydrogen-bond acceptors (Lipinski definition) is 4. The van der Waals surface area contributed by atoms with Crippen molar-refractivity contribution < 1.29 is 9.59 Å². The number of hydrogen-bond donors (Lipinski definition) is 2. The van der Waals surface area contributed by atoms with Crippen LogP contribution in [0.4, 0.5) is 11.4 Å². The topological polar surface area (TPSA) is 64.7 Å². The maximum Gasteiger partial charge on any atom is 0.313 e. The predicted molar refractivity (Wildman–Crippen MR) is 110 cm³/mol. The molecule has 2 amide bonds. The van der Waals surface area contributed by atoms with Crippen LogP contribution in [-0.2, 0) is 9.59 Å². The fourth-order valence-corrected chi connectivity index (χ4v) is 2.81. The molecule has 0 fully saturated rings. The van der Waals surface area contributed by atoms with Gasteiger partial charge in [0, 0.05) is 37.0 Å². The van der Waals surface area contributed by atoms with Gasteiger partial charge in [0.25, 0.3) is 0 Å². The molecule has 144 valence electrons. The lowest BCUT2D eigenvalue weighted by Gasteiger charge is -2.25. The number of rotatable bonds is 6. The third-order valence-corrected chi connectivity index (χ3v) is 4.40. The molecule has 0 aliphatic rings. The van der Waals surface area contributed by atoms with Crippen LogP contribution in [0.1, 0.15) is 11.6 Å². The van der Waals surface area contributed by atoms with Crippen LogP contribution in [0.3, 0.4) is 0 Å². The van der Waals surface area contributed by atoms with Crippen molar-refractivity contribution in [3.63, 3.8) is 0 Å². The summed E-state index contributed by atoms with van der Waals surface area (Å²) in [6.45, 7) is 0.316. The van der Waals surface area contributed by atoms with E-state index in [-0.39, 0.29) is 6.04 Å². The van der Waals surface area contributed by atoms with Gasteiger partial charge in [0.05, 0.1) is 6.04 Å². The summed E-state index contributed by atoms with van der Waals surface area (Å²) in [5.74, 6) is -1.41. The summed E-state index contributed by atoms with van der Waals surface area (Å²) < 4.78 is 0. The highest BCUT2D eigenvalue weighted by molar-refractivity contribution is 6.39. The van der Waals surface area contributed by atoms with E-state index in [0.717, 1.165) is 11.3 Å². The van der Waals surface area contributed by atoms with Crippen LogP contribution in [0.15, 0.2) is 48.5 Å². The van der Waals surface area contributed by atoms with Gasteiger partial charge in [-0.05, 0) is 50.0 Å². The molecule has 0 saturated carbocycles. The van der Waals surface area contributed by atoms with Gasteiger partial charge in [-0.25, -0.2) is 0 Å². The van der Waals surface area contributed by atoms with Crippen molar-refractivity contribution in [2.24, 2.45) is 0 Å². The van der Waals surface area contributed by atoms with Crippen molar-refractivity contribution >= 4 is 34.8 Å². The third kappa shape index (κ3) is 5.98. The third-order valence-electron chi connectivity index (χ3n) is 4.16. The molecule has 0 saturated heterocycles. The maximum absolute atomic E-state index is 12.2. The minimum Gasteiger partial charge on any atom is -0.378 e. The number of nitrogens with zero attached hydrogens (tertiary/aromatic N) is 2. The molecule has 0 radical (unpaired) electrons. The zero-order valence-electron chi connectivity index (χ0n) is 16.0. The number of anilines is 2. The molecule has 1 atom stereocenters. The minimum absolute atomic E-state index is 0.0517. The molecule has 2 rings (SSSR count). The summed E-state index contributed by atoms with van der Waals surface area (Å²) >= 11 is 5.88. The van der Waals surface area contributed by atoms with Gasteiger partial charge in [-0.2, -0.15) is 0 Å². The molecule has 27 heavy (non-hydrogen) atoms. The first-order chi connectivity index (χ1) is 12.8. The summed E-state index contributed by atoms with van der Waals surface area (Å²) in [5, 5.41) is 5.73. The first kappa shape index (κ1) is 20.7. The molecule has 7 heteroatoms. The zero-order chi connectivity index (χ0) is 20.0. The smallest absolute Gasteiger partial charge is 0.313 e. The molecule has 0 bridgehead atoms. The lowest BCUT2D eigenvalue weighted by atomic mass is 10.1. The van der Waals surface area contributed by atoms with E-state index < -0.39 is 11.8 Å².